The first-order valence-corrected chi connectivity index (χ1v) is 51.0. The van der Waals surface area contributed by atoms with Gasteiger partial charge in [0.15, 0.2) is 0 Å². The van der Waals surface area contributed by atoms with Gasteiger partial charge in [0.05, 0.1) is 79.1 Å². The number of hydrogen-bond acceptors (Lipinski definition) is 6. The number of nitrogens with zero attached hydrogens (tertiary/aromatic N) is 5. The smallest absolute Gasteiger partial charge is 0.339 e. The van der Waals surface area contributed by atoms with Crippen molar-refractivity contribution >= 4 is 219 Å². The van der Waals surface area contributed by atoms with Crippen LogP contribution in [0.25, 0.3) is 191 Å². The summed E-state index contributed by atoms with van der Waals surface area (Å²) in [4.78, 5) is 12.3. The van der Waals surface area contributed by atoms with Crippen molar-refractivity contribution in [2.24, 2.45) is 0 Å². The second-order valence-corrected chi connectivity index (χ2v) is 39.9. The number of halogens is 1. The number of benzene rings is 23. The van der Waals surface area contributed by atoms with Crippen molar-refractivity contribution in [3.8, 4) is 28.4 Å². The van der Waals surface area contributed by atoms with Crippen molar-refractivity contribution in [3.63, 3.8) is 0 Å². The maximum absolute atomic E-state index is 12.3. The lowest BCUT2D eigenvalue weighted by Crippen LogP contribution is -2.25. The molecule has 0 bridgehead atoms. The summed E-state index contributed by atoms with van der Waals surface area (Å²) >= 11 is 3.64. The lowest BCUT2D eigenvalue weighted by atomic mass is 9.74. The number of fused-ring (bicyclic) bond motifs is 27. The molecule has 0 unspecified atom stereocenters. The molecule has 23 aromatic carbocycles. The molecule has 0 fully saturated rings. The number of aromatic nitrogens is 5. The Balaban J connectivity index is 0.0000000969. The maximum Gasteiger partial charge on any atom is 0.339 e. The minimum atomic E-state index is -0.937. The molecule has 148 heavy (non-hydrogen) atoms. The summed E-state index contributed by atoms with van der Waals surface area (Å²) in [7, 11) is 1.40. The topological polar surface area (TPSA) is 107 Å². The first-order chi connectivity index (χ1) is 72.6. The van der Waals surface area contributed by atoms with E-state index in [1.54, 1.807) is 6.07 Å². The summed E-state index contributed by atoms with van der Waals surface area (Å²) in [5, 5.41) is 46.7. The Morgan fingerprint density at radius 1 is 0.277 bits per heavy atom. The molecule has 0 saturated heterocycles. The highest BCUT2D eigenvalue weighted by Gasteiger charge is 2.35. The van der Waals surface area contributed by atoms with E-state index in [4.69, 9.17) is 4.74 Å². The van der Waals surface area contributed by atoms with Crippen LogP contribution in [0.15, 0.2) is 502 Å². The third-order valence-electron chi connectivity index (χ3n) is 29.4. The lowest BCUT2D eigenvalue weighted by Gasteiger charge is -2.35. The molecule has 1 aliphatic heterocycles. The van der Waals surface area contributed by atoms with Crippen LogP contribution in [0, 0.1) is 0 Å². The van der Waals surface area contributed by atoms with E-state index in [1.807, 2.05) is 62.4 Å². The third-order valence-corrected chi connectivity index (χ3v) is 29.9. The molecule has 0 atom stereocenters. The summed E-state index contributed by atoms with van der Waals surface area (Å²) < 4.78 is 17.8. The number of esters is 1. The Labute approximate surface area is 864 Å². The molecule has 4 N–H and O–H groups in total. The highest BCUT2D eigenvalue weighted by molar-refractivity contribution is 9.10. The van der Waals surface area contributed by atoms with E-state index in [-0.39, 0.29) is 11.4 Å². The van der Waals surface area contributed by atoms with Gasteiger partial charge >= 0.3 is 5.97 Å². The fraction of sp³-hybridized carbons (Fsp3) is 0.0515. The van der Waals surface area contributed by atoms with Crippen molar-refractivity contribution in [3.05, 3.63) is 524 Å². The fourth-order valence-electron chi connectivity index (χ4n) is 22.7. The van der Waals surface area contributed by atoms with Crippen molar-refractivity contribution < 1.29 is 14.6 Å². The minimum absolute atomic E-state index is 0.0919. The van der Waals surface area contributed by atoms with Gasteiger partial charge in [0.2, 0.25) is 0 Å². The molecule has 710 valence electrons. The number of aliphatic hydroxyl groups is 1. The van der Waals surface area contributed by atoms with E-state index < -0.39 is 5.60 Å². The largest absolute Gasteiger partial charge is 0.465 e. The molecule has 28 aromatic rings. The predicted octanol–water partition coefficient (Wildman–Crippen LogP) is 36.3. The zero-order chi connectivity index (χ0) is 99.8. The normalized spacial score (nSPS) is 12.2. The number of methoxy groups -OCH3 is 1. The molecule has 0 aliphatic carbocycles. The summed E-state index contributed by atoms with van der Waals surface area (Å²) in [5.74, 6) is -0.365. The summed E-state index contributed by atoms with van der Waals surface area (Å²) in [5.41, 5.74) is 26.9. The third kappa shape index (κ3) is 16.1. The SMILES string of the molecule is Brc1ccc2c(c1)c1c3ccccc3ccc1n2-c1ccccc1.CC(C)(O)c1ccccc1Nc1ccc2c(c1)c1c3ccccc3ccc1n2-c1ccccc1.CC1(C)c2ccccc2Nc2cc3c4c5ccccc5ccc4n(-c4ccccc4)c3cc21.COC(=O)c1ccccc1Nc1ccc2c(c1)c1c3ccccc3ccc1n2-c1ccccc1.c1ccc(-n2c3ccccc3c3c4ccccc4ccc32)cc1. The zero-order valence-electron chi connectivity index (χ0n) is 82.2. The van der Waals surface area contributed by atoms with Crippen LogP contribution in [-0.4, -0.2) is 41.0 Å². The average Bonchev–Trinajstić information content (AvgIpc) is 1.52. The molecule has 0 amide bonds. The molecule has 0 radical (unpaired) electrons. The summed E-state index contributed by atoms with van der Waals surface area (Å²) in [6.45, 7) is 8.30. The van der Waals surface area contributed by atoms with E-state index in [1.165, 1.54) is 193 Å². The van der Waals surface area contributed by atoms with Gasteiger partial charge in [-0.25, -0.2) is 4.79 Å². The summed E-state index contributed by atoms with van der Waals surface area (Å²) in [6.07, 6.45) is 0. The van der Waals surface area contributed by atoms with Gasteiger partial charge in [-0.15, -0.1) is 0 Å². The molecule has 1 aliphatic rings. The van der Waals surface area contributed by atoms with Crippen LogP contribution in [-0.2, 0) is 15.8 Å². The van der Waals surface area contributed by atoms with Crippen molar-refractivity contribution in [2.75, 3.05) is 23.1 Å². The van der Waals surface area contributed by atoms with Gasteiger partial charge in [0.25, 0.3) is 0 Å². The van der Waals surface area contributed by atoms with Gasteiger partial charge in [0, 0.05) is 126 Å². The minimum Gasteiger partial charge on any atom is -0.465 e. The number of para-hydroxylation sites is 9. The molecule has 6 heterocycles. The van der Waals surface area contributed by atoms with Gasteiger partial charge in [-0.3, -0.25) is 0 Å². The highest BCUT2D eigenvalue weighted by Crippen LogP contribution is 2.51. The van der Waals surface area contributed by atoms with Gasteiger partial charge in [-0.2, -0.15) is 0 Å². The molecule has 0 spiro atoms. The van der Waals surface area contributed by atoms with Crippen LogP contribution < -0.4 is 16.0 Å². The van der Waals surface area contributed by atoms with Crippen molar-refractivity contribution in [1.82, 2.24) is 22.8 Å². The number of ether oxygens (including phenoxy) is 1. The number of carbonyl (C=O) groups is 1. The van der Waals surface area contributed by atoms with Gasteiger partial charge in [-0.05, 0) is 267 Å². The second-order valence-electron chi connectivity index (χ2n) is 39.0. The Morgan fingerprint density at radius 3 is 0.993 bits per heavy atom. The van der Waals surface area contributed by atoms with Crippen LogP contribution in [0.1, 0.15) is 54.7 Å². The maximum atomic E-state index is 12.3. The number of carbonyl (C=O) groups excluding carboxylic acids is 1. The Morgan fingerprint density at radius 2 is 0.581 bits per heavy atom. The van der Waals surface area contributed by atoms with Crippen LogP contribution >= 0.6 is 15.9 Å². The monoisotopic (exact) mass is 1970 g/mol. The van der Waals surface area contributed by atoms with E-state index in [0.29, 0.717) is 11.3 Å². The van der Waals surface area contributed by atoms with Crippen LogP contribution in [0.5, 0.6) is 0 Å². The first kappa shape index (κ1) is 90.9. The molecule has 0 saturated carbocycles. The Hall–Kier alpha value is -18.3. The molecular weight excluding hydrogens is 1870 g/mol. The van der Waals surface area contributed by atoms with Crippen LogP contribution in [0.2, 0.25) is 0 Å². The van der Waals surface area contributed by atoms with Crippen molar-refractivity contribution in [2.45, 2.75) is 38.7 Å². The molecule has 5 aromatic heterocycles. The number of nitrogens with one attached hydrogen (secondary N) is 3. The average molecular weight is 1980 g/mol. The second kappa shape index (κ2) is 37.8. The molecule has 29 rings (SSSR count). The van der Waals surface area contributed by atoms with Crippen molar-refractivity contribution in [1.29, 1.82) is 0 Å². The molecule has 12 heteroatoms. The number of rotatable bonds is 11. The van der Waals surface area contributed by atoms with E-state index in [2.05, 4.69) is 511 Å². The molecular formula is C136H101BrN8O3. The predicted molar refractivity (Wildman–Crippen MR) is 627 cm³/mol. The van der Waals surface area contributed by atoms with Crippen LogP contribution in [0.3, 0.4) is 0 Å². The van der Waals surface area contributed by atoms with E-state index in [0.717, 1.165) is 54.9 Å². The first-order valence-electron chi connectivity index (χ1n) is 50.3. The van der Waals surface area contributed by atoms with Gasteiger partial charge in [0.1, 0.15) is 0 Å². The highest BCUT2D eigenvalue weighted by atomic mass is 79.9. The standard InChI is InChI=1S/C31H26N2O.C31H24N2.C30H22N2O2.C22H14BrN.C22H15N/c1-31(2,34)26-14-8-9-15-27(26)32-22-17-19-28-25(20-22)30-24-13-7-6-10-21(24)16-18-29(30)33(28)23-11-4-3-5-12-23;1-31(2)24-14-8-9-15-26(24)32-27-18-23-29(19-25(27)31)33(21-11-4-3-5-12-21)28-17-16-20-10-6-7-13-22(20)30(23)28;1-34-30(33)24-13-7-8-14-26(24)31-21-16-18-27-25(19-21)29-23-12-6-5-9-20(23)15-17-28(29)32(27)22-10-3-2-4-11-22;23-16-11-13-20-19(14-16)22-18-9-5-4-6-15(18)10-12-21(22)24(20)17-7-2-1-3-8-17;1-2-9-17(10-3-1)23-20-13-7-6-12-19(20)22-18-11-5-4-8-16(18)14-15-21(22)23/h3-20,32,34H,1-2H3;3-19,32H,1-2H3;2-19,31H,1H3;1-14H;1-15H. The van der Waals surface area contributed by atoms with E-state index in [9.17, 15) is 9.90 Å². The van der Waals surface area contributed by atoms with E-state index >= 15 is 0 Å². The fourth-order valence-corrected chi connectivity index (χ4v) is 23.1. The Bertz CT molecular complexity index is 10100. The lowest BCUT2D eigenvalue weighted by molar-refractivity contribution is 0.0601. The zero-order valence-corrected chi connectivity index (χ0v) is 83.8. The summed E-state index contributed by atoms with van der Waals surface area (Å²) in [6, 6.07) is 175. The Kier molecular flexibility index (Phi) is 23.2. The number of anilines is 6. The van der Waals surface area contributed by atoms with Crippen LogP contribution in [0.4, 0.5) is 34.1 Å². The van der Waals surface area contributed by atoms with Gasteiger partial charge in [-0.1, -0.05) is 339 Å². The molecule has 11 nitrogen and oxygen atoms in total. The van der Waals surface area contributed by atoms with Gasteiger partial charge < -0.3 is 48.6 Å². The quantitative estimate of drug-likeness (QED) is 0.0962. The number of hydrogen-bond donors (Lipinski definition) is 4.